The van der Waals surface area contributed by atoms with E-state index in [0.717, 1.165) is 0 Å². The second-order valence-corrected chi connectivity index (χ2v) is 10.4. The zero-order chi connectivity index (χ0) is 34.8. The maximum absolute atomic E-state index is 13.4. The Balaban J connectivity index is 3.25. The lowest BCUT2D eigenvalue weighted by atomic mass is 10.0. The van der Waals surface area contributed by atoms with Crippen LogP contribution in [0.2, 0.25) is 0 Å². The molecule has 0 saturated heterocycles. The third-order valence-electron chi connectivity index (χ3n) is 6.53. The van der Waals surface area contributed by atoms with Gasteiger partial charge in [-0.1, -0.05) is 30.3 Å². The molecule has 18 nitrogen and oxygen atoms in total. The third-order valence-corrected chi connectivity index (χ3v) is 6.53. The van der Waals surface area contributed by atoms with Gasteiger partial charge < -0.3 is 53.8 Å². The Labute approximate surface area is 263 Å². The van der Waals surface area contributed by atoms with Crippen LogP contribution < -0.4 is 38.5 Å². The number of benzene rings is 1. The maximum Gasteiger partial charge on any atom is 0.326 e. The van der Waals surface area contributed by atoms with E-state index in [9.17, 15) is 43.5 Å². The molecule has 0 unspecified atom stereocenters. The van der Waals surface area contributed by atoms with Gasteiger partial charge in [-0.2, -0.15) is 0 Å². The van der Waals surface area contributed by atoms with E-state index in [0.29, 0.717) is 24.9 Å². The van der Waals surface area contributed by atoms with E-state index >= 15 is 0 Å². The molecule has 0 fully saturated rings. The van der Waals surface area contributed by atoms with Crippen LogP contribution in [-0.4, -0.2) is 99.5 Å². The first-order chi connectivity index (χ1) is 21.6. The van der Waals surface area contributed by atoms with Crippen molar-refractivity contribution >= 4 is 47.4 Å². The predicted octanol–water partition coefficient (Wildman–Crippen LogP) is -3.08. The van der Waals surface area contributed by atoms with Gasteiger partial charge in [0.1, 0.15) is 24.2 Å². The third kappa shape index (κ3) is 15.1. The number of nitrogens with one attached hydrogen (secondary N) is 4. The van der Waals surface area contributed by atoms with Crippen molar-refractivity contribution in [1.82, 2.24) is 21.3 Å². The molecule has 5 atom stereocenters. The minimum absolute atomic E-state index is 0.0597. The molecule has 0 aromatic heterocycles. The Morgan fingerprint density at radius 3 is 1.74 bits per heavy atom. The number of hydrogen-bond donors (Lipinski definition) is 10. The van der Waals surface area contributed by atoms with Crippen molar-refractivity contribution in [3.05, 3.63) is 35.9 Å². The smallest absolute Gasteiger partial charge is 0.326 e. The summed E-state index contributed by atoms with van der Waals surface area (Å²) >= 11 is 0. The monoisotopic (exact) mass is 651 g/mol. The van der Waals surface area contributed by atoms with E-state index < -0.39 is 103 Å². The first kappa shape index (κ1) is 38.9. The fourth-order valence-corrected chi connectivity index (χ4v) is 4.13. The van der Waals surface area contributed by atoms with E-state index in [2.05, 4.69) is 21.3 Å². The maximum atomic E-state index is 13.4. The summed E-state index contributed by atoms with van der Waals surface area (Å²) in [6, 6.07) is 0.702. The standard InChI is InChI=1S/C28H41N7O11/c29-11-5-4-8-18(28(45)46)33-26(43)19(12-15-6-2-1-3-7-15)34-27(44)20(14-21(31)36)35-25(42)17(9-10-22(37)38)32-24(41)16(30)13-23(39)40/h1-3,6-7,16-20H,4-5,8-14,29-30H2,(H2,31,36)(H,32,41)(H,33,43)(H,34,44)(H,35,42)(H,37,38)(H,39,40)(H,45,46)/t16-,17-,18-,19-,20-/m0/s1. The van der Waals surface area contributed by atoms with Gasteiger partial charge in [0, 0.05) is 12.8 Å². The van der Waals surface area contributed by atoms with Crippen LogP contribution in [-0.2, 0) is 44.8 Å². The zero-order valence-corrected chi connectivity index (χ0v) is 25.0. The summed E-state index contributed by atoms with van der Waals surface area (Å²) in [6.07, 6.45) is -1.87. The number of aliphatic carboxylic acids is 3. The second-order valence-electron chi connectivity index (χ2n) is 10.4. The van der Waals surface area contributed by atoms with Crippen LogP contribution in [0, 0.1) is 0 Å². The van der Waals surface area contributed by atoms with Gasteiger partial charge >= 0.3 is 17.9 Å². The van der Waals surface area contributed by atoms with Crippen LogP contribution in [0.1, 0.15) is 50.5 Å². The lowest BCUT2D eigenvalue weighted by molar-refractivity contribution is -0.143. The van der Waals surface area contributed by atoms with Crippen LogP contribution in [0.25, 0.3) is 0 Å². The van der Waals surface area contributed by atoms with Crippen molar-refractivity contribution in [3.63, 3.8) is 0 Å². The summed E-state index contributed by atoms with van der Waals surface area (Å²) in [6.45, 7) is 0.315. The summed E-state index contributed by atoms with van der Waals surface area (Å²) in [7, 11) is 0. The average molecular weight is 652 g/mol. The van der Waals surface area contributed by atoms with E-state index in [-0.39, 0.29) is 12.8 Å². The fraction of sp³-hybridized carbons (Fsp3) is 0.500. The number of nitrogens with two attached hydrogens (primary N) is 3. The van der Waals surface area contributed by atoms with Crippen LogP contribution in [0.3, 0.4) is 0 Å². The van der Waals surface area contributed by atoms with Crippen LogP contribution in [0.5, 0.6) is 0 Å². The highest BCUT2D eigenvalue weighted by Gasteiger charge is 2.33. The lowest BCUT2D eigenvalue weighted by Crippen LogP contribution is -2.59. The minimum Gasteiger partial charge on any atom is -0.481 e. The number of carboxylic acid groups (broad SMARTS) is 3. The van der Waals surface area contributed by atoms with Gasteiger partial charge in [-0.15, -0.1) is 0 Å². The number of carbonyl (C=O) groups excluding carboxylic acids is 5. The predicted molar refractivity (Wildman–Crippen MR) is 159 cm³/mol. The Hall–Kier alpha value is -5.10. The highest BCUT2D eigenvalue weighted by Crippen LogP contribution is 2.08. The first-order valence-electron chi connectivity index (χ1n) is 14.3. The number of primary amides is 1. The molecule has 0 heterocycles. The largest absolute Gasteiger partial charge is 0.481 e. The Morgan fingerprint density at radius 2 is 1.20 bits per heavy atom. The molecule has 13 N–H and O–H groups in total. The molecule has 18 heteroatoms. The summed E-state index contributed by atoms with van der Waals surface area (Å²) in [5.74, 6) is -9.30. The number of amides is 5. The van der Waals surface area contributed by atoms with Gasteiger partial charge in [-0.05, 0) is 37.8 Å². The first-order valence-corrected chi connectivity index (χ1v) is 14.3. The molecular weight excluding hydrogens is 610 g/mol. The fourth-order valence-electron chi connectivity index (χ4n) is 4.13. The molecule has 0 radical (unpaired) electrons. The molecule has 0 spiro atoms. The van der Waals surface area contributed by atoms with Crippen molar-refractivity contribution < 1.29 is 53.7 Å². The molecule has 46 heavy (non-hydrogen) atoms. The molecule has 1 rings (SSSR count). The Bertz CT molecular complexity index is 1250. The number of carboxylic acids is 3. The van der Waals surface area contributed by atoms with E-state index in [1.165, 1.54) is 0 Å². The highest BCUT2D eigenvalue weighted by molar-refractivity contribution is 5.97. The Kier molecular flexibility index (Phi) is 17.0. The van der Waals surface area contributed by atoms with Crippen molar-refractivity contribution in [2.45, 2.75) is 81.6 Å². The van der Waals surface area contributed by atoms with Crippen LogP contribution in [0.15, 0.2) is 30.3 Å². The minimum atomic E-state index is -1.73. The van der Waals surface area contributed by atoms with Gasteiger partial charge in [-0.25, -0.2) is 4.79 Å². The van der Waals surface area contributed by atoms with E-state index in [4.69, 9.17) is 27.4 Å². The zero-order valence-electron chi connectivity index (χ0n) is 25.0. The number of hydrogen-bond acceptors (Lipinski definition) is 10. The molecular formula is C28H41N7O11. The molecule has 254 valence electrons. The molecule has 0 bridgehead atoms. The van der Waals surface area contributed by atoms with Crippen molar-refractivity contribution in [3.8, 4) is 0 Å². The second kappa shape index (κ2) is 20.0. The van der Waals surface area contributed by atoms with Gasteiger partial charge in [-0.3, -0.25) is 33.6 Å². The Morgan fingerprint density at radius 1 is 0.652 bits per heavy atom. The number of unbranched alkanes of at least 4 members (excludes halogenated alkanes) is 1. The molecule has 1 aromatic carbocycles. The molecule has 1 aromatic rings. The number of carbonyl (C=O) groups is 8. The highest BCUT2D eigenvalue weighted by atomic mass is 16.4. The molecule has 0 aliphatic carbocycles. The number of rotatable bonds is 22. The van der Waals surface area contributed by atoms with Crippen LogP contribution in [0.4, 0.5) is 0 Å². The van der Waals surface area contributed by atoms with Crippen molar-refractivity contribution in [2.24, 2.45) is 17.2 Å². The van der Waals surface area contributed by atoms with Gasteiger partial charge in [0.25, 0.3) is 0 Å². The van der Waals surface area contributed by atoms with Crippen molar-refractivity contribution in [1.29, 1.82) is 0 Å². The van der Waals surface area contributed by atoms with E-state index in [1.807, 2.05) is 0 Å². The summed E-state index contributed by atoms with van der Waals surface area (Å²) in [5.41, 5.74) is 16.8. The molecule has 0 aliphatic rings. The quantitative estimate of drug-likeness (QED) is 0.0557. The molecule has 5 amide bonds. The lowest BCUT2D eigenvalue weighted by Gasteiger charge is -2.26. The topological polar surface area (TPSA) is 323 Å². The van der Waals surface area contributed by atoms with E-state index in [1.54, 1.807) is 30.3 Å². The van der Waals surface area contributed by atoms with Gasteiger partial charge in [0.2, 0.25) is 29.5 Å². The summed E-state index contributed by atoms with van der Waals surface area (Å²) < 4.78 is 0. The van der Waals surface area contributed by atoms with Crippen molar-refractivity contribution in [2.75, 3.05) is 6.54 Å². The normalized spacial score (nSPS) is 14.0. The average Bonchev–Trinajstić information content (AvgIpc) is 2.97. The summed E-state index contributed by atoms with van der Waals surface area (Å²) in [5, 5.41) is 36.7. The van der Waals surface area contributed by atoms with Gasteiger partial charge in [0.05, 0.1) is 18.9 Å². The SMILES string of the molecule is NCCCC[C@H](NC(=O)[C@H](Cc1ccccc1)NC(=O)[C@H](CC(N)=O)NC(=O)[C@H](CCC(=O)O)NC(=O)[C@@H](N)CC(=O)O)C(=O)O. The van der Waals surface area contributed by atoms with Gasteiger partial charge in [0.15, 0.2) is 0 Å². The van der Waals surface area contributed by atoms with Crippen LogP contribution >= 0.6 is 0 Å². The molecule has 0 saturated carbocycles. The summed E-state index contributed by atoms with van der Waals surface area (Å²) in [4.78, 5) is 97.8. The molecule has 0 aliphatic heterocycles.